The number of urea groups is 1. The lowest BCUT2D eigenvalue weighted by molar-refractivity contribution is 0.122. The Morgan fingerprint density at radius 2 is 2.07 bits per heavy atom. The highest BCUT2D eigenvalue weighted by Gasteiger charge is 2.15. The third-order valence-corrected chi connectivity index (χ3v) is 4.26. The summed E-state index contributed by atoms with van der Waals surface area (Å²) in [6, 6.07) is 6.50. The summed E-state index contributed by atoms with van der Waals surface area (Å²) in [7, 11) is 1.53. The highest BCUT2D eigenvalue weighted by atomic mass is 35.5. The van der Waals surface area contributed by atoms with Crippen molar-refractivity contribution in [1.82, 2.24) is 15.3 Å². The van der Waals surface area contributed by atoms with Crippen molar-refractivity contribution in [2.45, 2.75) is 13.5 Å². The van der Waals surface area contributed by atoms with Gasteiger partial charge in [0.2, 0.25) is 5.95 Å². The van der Waals surface area contributed by atoms with Gasteiger partial charge < -0.3 is 25.0 Å². The number of halogens is 1. The molecule has 0 atom stereocenters. The zero-order chi connectivity index (χ0) is 19.2. The summed E-state index contributed by atoms with van der Waals surface area (Å²) in [6.45, 7) is 5.02. The van der Waals surface area contributed by atoms with Gasteiger partial charge in [-0.15, -0.1) is 0 Å². The average Bonchev–Trinajstić information content (AvgIpc) is 2.67. The van der Waals surface area contributed by atoms with Crippen molar-refractivity contribution in [2.75, 3.05) is 43.6 Å². The van der Waals surface area contributed by atoms with E-state index in [2.05, 4.69) is 25.5 Å². The molecule has 144 valence electrons. The molecule has 0 radical (unpaired) electrons. The maximum atomic E-state index is 12.2. The van der Waals surface area contributed by atoms with E-state index in [1.54, 1.807) is 18.2 Å². The van der Waals surface area contributed by atoms with Crippen LogP contribution in [0.15, 0.2) is 24.3 Å². The van der Waals surface area contributed by atoms with Gasteiger partial charge in [-0.05, 0) is 31.2 Å². The molecule has 1 aromatic heterocycles. The number of morpholine rings is 1. The monoisotopic (exact) mass is 391 g/mol. The number of rotatable bonds is 5. The van der Waals surface area contributed by atoms with Gasteiger partial charge >= 0.3 is 6.03 Å². The Kier molecular flexibility index (Phi) is 6.31. The molecule has 0 aliphatic carbocycles. The van der Waals surface area contributed by atoms with E-state index in [0.717, 1.165) is 24.5 Å². The Balaban J connectivity index is 1.63. The van der Waals surface area contributed by atoms with E-state index in [4.69, 9.17) is 21.1 Å². The number of aryl methyl sites for hydroxylation is 1. The van der Waals surface area contributed by atoms with Gasteiger partial charge in [-0.3, -0.25) is 0 Å². The molecule has 1 aliphatic rings. The van der Waals surface area contributed by atoms with Crippen molar-refractivity contribution in [3.8, 4) is 5.75 Å². The Labute approximate surface area is 162 Å². The summed E-state index contributed by atoms with van der Waals surface area (Å²) in [4.78, 5) is 23.4. The number of amides is 2. The molecule has 27 heavy (non-hydrogen) atoms. The highest BCUT2D eigenvalue weighted by Crippen LogP contribution is 2.27. The first-order valence-electron chi connectivity index (χ1n) is 8.61. The van der Waals surface area contributed by atoms with Gasteiger partial charge in [0.05, 0.1) is 38.2 Å². The Hall–Kier alpha value is -2.58. The molecule has 2 heterocycles. The van der Waals surface area contributed by atoms with E-state index >= 15 is 0 Å². The number of hydrogen-bond acceptors (Lipinski definition) is 6. The lowest BCUT2D eigenvalue weighted by atomic mass is 10.3. The summed E-state index contributed by atoms with van der Waals surface area (Å²) in [5.41, 5.74) is 2.08. The summed E-state index contributed by atoms with van der Waals surface area (Å²) < 4.78 is 10.6. The molecule has 1 fully saturated rings. The predicted molar refractivity (Wildman–Crippen MR) is 104 cm³/mol. The molecular formula is C18H22ClN5O3. The topological polar surface area (TPSA) is 88.6 Å². The normalized spacial score (nSPS) is 14.0. The number of nitrogens with zero attached hydrogens (tertiary/aromatic N) is 3. The van der Waals surface area contributed by atoms with Crippen LogP contribution in [0.2, 0.25) is 5.02 Å². The number of ether oxygens (including phenoxy) is 2. The molecule has 3 rings (SSSR count). The fourth-order valence-electron chi connectivity index (χ4n) is 2.73. The first-order chi connectivity index (χ1) is 13.0. The minimum Gasteiger partial charge on any atom is -0.495 e. The molecule has 0 unspecified atom stereocenters. The second-order valence-corrected chi connectivity index (χ2v) is 6.49. The largest absolute Gasteiger partial charge is 0.495 e. The summed E-state index contributed by atoms with van der Waals surface area (Å²) in [5.74, 6) is 1.19. The third-order valence-electron chi connectivity index (χ3n) is 4.03. The third kappa shape index (κ3) is 5.21. The number of aromatic nitrogens is 2. The smallest absolute Gasteiger partial charge is 0.319 e. The van der Waals surface area contributed by atoms with Crippen LogP contribution in [0.4, 0.5) is 16.4 Å². The number of carbonyl (C=O) groups excluding carboxylic acids is 1. The molecule has 1 aromatic carbocycles. The zero-order valence-electron chi connectivity index (χ0n) is 15.3. The summed E-state index contributed by atoms with van der Waals surface area (Å²) >= 11 is 5.98. The van der Waals surface area contributed by atoms with Crippen molar-refractivity contribution in [3.05, 3.63) is 40.7 Å². The lowest BCUT2D eigenvalue weighted by Gasteiger charge is -2.27. The number of hydrogen-bond donors (Lipinski definition) is 2. The van der Waals surface area contributed by atoms with E-state index in [-0.39, 0.29) is 12.6 Å². The van der Waals surface area contributed by atoms with Crippen molar-refractivity contribution < 1.29 is 14.3 Å². The van der Waals surface area contributed by atoms with E-state index in [0.29, 0.717) is 35.6 Å². The van der Waals surface area contributed by atoms with Crippen LogP contribution in [0, 0.1) is 6.92 Å². The van der Waals surface area contributed by atoms with Crippen LogP contribution in [0.25, 0.3) is 0 Å². The quantitative estimate of drug-likeness (QED) is 0.814. The van der Waals surface area contributed by atoms with Gasteiger partial charge in [-0.1, -0.05) is 11.6 Å². The van der Waals surface area contributed by atoms with Crippen molar-refractivity contribution in [1.29, 1.82) is 0 Å². The zero-order valence-corrected chi connectivity index (χ0v) is 16.0. The molecule has 1 saturated heterocycles. The average molecular weight is 392 g/mol. The maximum Gasteiger partial charge on any atom is 0.319 e. The van der Waals surface area contributed by atoms with Crippen LogP contribution in [-0.4, -0.2) is 49.4 Å². The van der Waals surface area contributed by atoms with E-state index in [1.165, 1.54) is 7.11 Å². The molecule has 2 amide bonds. The first kappa shape index (κ1) is 19.2. The van der Waals surface area contributed by atoms with E-state index in [9.17, 15) is 4.79 Å². The van der Waals surface area contributed by atoms with Crippen LogP contribution in [0.3, 0.4) is 0 Å². The van der Waals surface area contributed by atoms with Crippen LogP contribution in [0.5, 0.6) is 5.75 Å². The molecule has 2 aromatic rings. The molecule has 0 saturated carbocycles. The molecule has 8 nitrogen and oxygen atoms in total. The van der Waals surface area contributed by atoms with Gasteiger partial charge in [-0.2, -0.15) is 0 Å². The minimum atomic E-state index is -0.375. The number of carbonyl (C=O) groups is 1. The van der Waals surface area contributed by atoms with Gasteiger partial charge in [0.1, 0.15) is 5.75 Å². The second kappa shape index (κ2) is 8.88. The molecule has 0 bridgehead atoms. The minimum absolute atomic E-state index is 0.273. The Morgan fingerprint density at radius 1 is 1.30 bits per heavy atom. The van der Waals surface area contributed by atoms with Crippen molar-refractivity contribution in [3.63, 3.8) is 0 Å². The standard InChI is InChI=1S/C18H22ClN5O3/c1-12-9-14(22-17(21-12)24-5-7-27-8-6-24)11-20-18(25)23-15-10-13(19)3-4-16(15)26-2/h3-4,9-10H,5-8,11H2,1-2H3,(H2,20,23,25). The fourth-order valence-corrected chi connectivity index (χ4v) is 2.90. The van der Waals surface area contributed by atoms with Crippen molar-refractivity contribution in [2.24, 2.45) is 0 Å². The van der Waals surface area contributed by atoms with Crippen LogP contribution in [-0.2, 0) is 11.3 Å². The predicted octanol–water partition coefficient (Wildman–Crippen LogP) is 2.61. The number of nitrogens with one attached hydrogen (secondary N) is 2. The first-order valence-corrected chi connectivity index (χ1v) is 8.98. The summed E-state index contributed by atoms with van der Waals surface area (Å²) in [5, 5.41) is 6.04. The van der Waals surface area contributed by atoms with Crippen LogP contribution in [0.1, 0.15) is 11.4 Å². The van der Waals surface area contributed by atoms with E-state index in [1.807, 2.05) is 13.0 Å². The number of methoxy groups -OCH3 is 1. The second-order valence-electron chi connectivity index (χ2n) is 6.05. The highest BCUT2D eigenvalue weighted by molar-refractivity contribution is 6.31. The molecular weight excluding hydrogens is 370 g/mol. The molecule has 1 aliphatic heterocycles. The van der Waals surface area contributed by atoms with E-state index < -0.39 is 0 Å². The maximum absolute atomic E-state index is 12.2. The fraction of sp³-hybridized carbons (Fsp3) is 0.389. The summed E-state index contributed by atoms with van der Waals surface area (Å²) in [6.07, 6.45) is 0. The lowest BCUT2D eigenvalue weighted by Crippen LogP contribution is -2.37. The SMILES string of the molecule is COc1ccc(Cl)cc1NC(=O)NCc1cc(C)nc(N2CCOCC2)n1. The number of anilines is 2. The van der Waals surface area contributed by atoms with Crippen molar-refractivity contribution >= 4 is 29.3 Å². The molecule has 0 spiro atoms. The van der Waals surface area contributed by atoms with Gasteiger partial charge in [-0.25, -0.2) is 14.8 Å². The molecule has 9 heteroatoms. The van der Waals surface area contributed by atoms with Gasteiger partial charge in [0, 0.05) is 23.8 Å². The number of benzene rings is 1. The Morgan fingerprint density at radius 3 is 2.81 bits per heavy atom. The Bertz CT molecular complexity index is 812. The van der Waals surface area contributed by atoms with Crippen LogP contribution >= 0.6 is 11.6 Å². The van der Waals surface area contributed by atoms with Gasteiger partial charge in [0.25, 0.3) is 0 Å². The molecule has 2 N–H and O–H groups in total. The van der Waals surface area contributed by atoms with Gasteiger partial charge in [0.15, 0.2) is 0 Å². The van der Waals surface area contributed by atoms with Crippen LogP contribution < -0.4 is 20.3 Å².